The van der Waals surface area contributed by atoms with Crippen LogP contribution in [0.1, 0.15) is 13.3 Å². The van der Waals surface area contributed by atoms with Crippen LogP contribution in [0.25, 0.3) is 10.9 Å². The van der Waals surface area contributed by atoms with Gasteiger partial charge in [0.2, 0.25) is 0 Å². The molecule has 0 fully saturated rings. The summed E-state index contributed by atoms with van der Waals surface area (Å²) in [6.45, 7) is 2.17. The average molecular weight is 299 g/mol. The molecule has 0 aliphatic rings. The van der Waals surface area contributed by atoms with Crippen molar-refractivity contribution in [2.75, 3.05) is 4.43 Å². The van der Waals surface area contributed by atoms with E-state index in [1.165, 1.54) is 16.2 Å². The summed E-state index contributed by atoms with van der Waals surface area (Å²) in [7, 11) is 0. The highest BCUT2D eigenvalue weighted by Gasteiger charge is 1.86. The number of benzene rings is 1. The molecule has 0 N–H and O–H groups in total. The number of nitrogens with zero attached hydrogens (tertiary/aromatic N) is 1. The number of hydrogen-bond donors (Lipinski definition) is 0. The lowest BCUT2D eigenvalue weighted by Gasteiger charge is -1.91. The molecule has 2 heteroatoms. The van der Waals surface area contributed by atoms with Crippen LogP contribution >= 0.6 is 22.6 Å². The van der Waals surface area contributed by atoms with E-state index >= 15 is 0 Å². The molecule has 1 aromatic heterocycles. The number of hydrogen-bond acceptors (Lipinski definition) is 1. The maximum atomic E-state index is 4.18. The van der Waals surface area contributed by atoms with Gasteiger partial charge in [0, 0.05) is 11.6 Å². The molecule has 1 heterocycles. The molecule has 0 aliphatic heterocycles. The second-order valence-corrected chi connectivity index (χ2v) is 3.96. The van der Waals surface area contributed by atoms with Gasteiger partial charge in [0.25, 0.3) is 0 Å². The van der Waals surface area contributed by atoms with Gasteiger partial charge in [0.05, 0.1) is 5.52 Å². The first-order valence-electron chi connectivity index (χ1n) is 4.74. The van der Waals surface area contributed by atoms with Crippen LogP contribution in [-0.2, 0) is 0 Å². The molecule has 0 amide bonds. The highest BCUT2D eigenvalue weighted by Crippen LogP contribution is 2.07. The molecular formula is C12H14IN. The zero-order chi connectivity index (χ0) is 10.2. The van der Waals surface area contributed by atoms with Gasteiger partial charge >= 0.3 is 0 Å². The van der Waals surface area contributed by atoms with Gasteiger partial charge in [0.1, 0.15) is 0 Å². The monoisotopic (exact) mass is 299 g/mol. The number of halogens is 1. The van der Waals surface area contributed by atoms with Crippen molar-refractivity contribution in [2.45, 2.75) is 13.3 Å². The van der Waals surface area contributed by atoms with E-state index in [2.05, 4.69) is 46.6 Å². The molecule has 2 rings (SSSR count). The van der Waals surface area contributed by atoms with Crippen molar-refractivity contribution in [2.24, 2.45) is 0 Å². The van der Waals surface area contributed by atoms with Gasteiger partial charge in [-0.15, -0.1) is 0 Å². The van der Waals surface area contributed by atoms with Gasteiger partial charge in [-0.3, -0.25) is 4.98 Å². The van der Waals surface area contributed by atoms with Crippen molar-refractivity contribution in [3.05, 3.63) is 42.6 Å². The van der Waals surface area contributed by atoms with E-state index in [4.69, 9.17) is 0 Å². The number of alkyl halides is 1. The Labute approximate surface area is 98.7 Å². The Morgan fingerprint density at radius 2 is 1.79 bits per heavy atom. The number of pyridine rings is 1. The summed E-state index contributed by atoms with van der Waals surface area (Å²) in [5, 5.41) is 1.20. The standard InChI is InChI=1S/C9H7N.C3H7I/c1-2-6-9-8(4-1)5-3-7-10-9;1-2-3-4/h1-7H;2-3H2,1H3. The van der Waals surface area contributed by atoms with Crippen molar-refractivity contribution < 1.29 is 0 Å². The first-order valence-corrected chi connectivity index (χ1v) is 6.26. The molecule has 1 nitrogen and oxygen atoms in total. The van der Waals surface area contributed by atoms with Crippen LogP contribution in [0.15, 0.2) is 42.6 Å². The smallest absolute Gasteiger partial charge is 0.0701 e. The SMILES string of the molecule is CCCI.c1ccc2ncccc2c1. The zero-order valence-electron chi connectivity index (χ0n) is 8.28. The van der Waals surface area contributed by atoms with Crippen molar-refractivity contribution in [1.82, 2.24) is 4.98 Å². The number of rotatable bonds is 1. The molecular weight excluding hydrogens is 285 g/mol. The normalized spacial score (nSPS) is 9.29. The minimum atomic E-state index is 1.06. The first-order chi connectivity index (χ1) is 6.88. The number of fused-ring (bicyclic) bond motifs is 1. The van der Waals surface area contributed by atoms with E-state index in [-0.39, 0.29) is 0 Å². The molecule has 14 heavy (non-hydrogen) atoms. The quantitative estimate of drug-likeness (QED) is 0.571. The Morgan fingerprint density at radius 1 is 1.14 bits per heavy atom. The Kier molecular flexibility index (Phi) is 5.52. The Morgan fingerprint density at radius 3 is 2.43 bits per heavy atom. The first kappa shape index (κ1) is 11.4. The highest BCUT2D eigenvalue weighted by molar-refractivity contribution is 14.1. The highest BCUT2D eigenvalue weighted by atomic mass is 127. The van der Waals surface area contributed by atoms with Crippen LogP contribution in [0, 0.1) is 0 Å². The van der Waals surface area contributed by atoms with E-state index in [1.807, 2.05) is 30.5 Å². The van der Waals surface area contributed by atoms with E-state index in [0.29, 0.717) is 0 Å². The van der Waals surface area contributed by atoms with E-state index in [0.717, 1.165) is 5.52 Å². The minimum absolute atomic E-state index is 1.06. The fourth-order valence-corrected chi connectivity index (χ4v) is 1.02. The molecule has 0 radical (unpaired) electrons. The van der Waals surface area contributed by atoms with Crippen LogP contribution in [0.5, 0.6) is 0 Å². The molecule has 0 atom stereocenters. The summed E-state index contributed by atoms with van der Waals surface area (Å²) < 4.78 is 1.29. The maximum Gasteiger partial charge on any atom is 0.0701 e. The van der Waals surface area contributed by atoms with Gasteiger partial charge in [-0.25, -0.2) is 0 Å². The Balaban J connectivity index is 0.000000213. The van der Waals surface area contributed by atoms with E-state index in [1.54, 1.807) is 0 Å². The summed E-state index contributed by atoms with van der Waals surface area (Å²) in [5.41, 5.74) is 1.06. The summed E-state index contributed by atoms with van der Waals surface area (Å²) in [5.74, 6) is 0. The van der Waals surface area contributed by atoms with Gasteiger partial charge < -0.3 is 0 Å². The van der Waals surface area contributed by atoms with Gasteiger partial charge in [-0.2, -0.15) is 0 Å². The molecule has 0 saturated heterocycles. The van der Waals surface area contributed by atoms with Crippen LogP contribution in [-0.4, -0.2) is 9.41 Å². The fraction of sp³-hybridized carbons (Fsp3) is 0.250. The predicted octanol–water partition coefficient (Wildman–Crippen LogP) is 4.07. The summed E-state index contributed by atoms with van der Waals surface area (Å²) in [6.07, 6.45) is 3.11. The molecule has 0 spiro atoms. The molecule has 0 unspecified atom stereocenters. The maximum absolute atomic E-state index is 4.18. The molecule has 0 aliphatic carbocycles. The van der Waals surface area contributed by atoms with Crippen LogP contribution in [0.4, 0.5) is 0 Å². The van der Waals surface area contributed by atoms with Crippen LogP contribution in [0.3, 0.4) is 0 Å². The molecule has 74 valence electrons. The predicted molar refractivity (Wildman–Crippen MR) is 70.9 cm³/mol. The van der Waals surface area contributed by atoms with Crippen molar-refractivity contribution in [3.8, 4) is 0 Å². The third-order valence-corrected chi connectivity index (χ3v) is 2.78. The second-order valence-electron chi connectivity index (χ2n) is 2.89. The lowest BCUT2D eigenvalue weighted by atomic mass is 10.2. The molecule has 0 saturated carbocycles. The van der Waals surface area contributed by atoms with Crippen molar-refractivity contribution in [1.29, 1.82) is 0 Å². The summed E-state index contributed by atoms with van der Waals surface area (Å²) in [4.78, 5) is 4.18. The molecule has 2 aromatic rings. The van der Waals surface area contributed by atoms with Crippen LogP contribution < -0.4 is 0 Å². The minimum Gasteiger partial charge on any atom is -0.256 e. The van der Waals surface area contributed by atoms with E-state index < -0.39 is 0 Å². The lowest BCUT2D eigenvalue weighted by molar-refractivity contribution is 1.13. The second kappa shape index (κ2) is 6.76. The number of para-hydroxylation sites is 1. The fourth-order valence-electron chi connectivity index (χ4n) is 1.02. The molecule has 0 bridgehead atoms. The Bertz CT molecular complexity index is 306. The summed E-state index contributed by atoms with van der Waals surface area (Å²) in [6, 6.07) is 12.1. The third-order valence-electron chi connectivity index (χ3n) is 1.70. The lowest BCUT2D eigenvalue weighted by Crippen LogP contribution is -1.73. The van der Waals surface area contributed by atoms with Crippen molar-refractivity contribution >= 4 is 33.5 Å². The van der Waals surface area contributed by atoms with Gasteiger partial charge in [-0.05, 0) is 23.0 Å². The van der Waals surface area contributed by atoms with Gasteiger partial charge in [-0.1, -0.05) is 53.8 Å². The third kappa shape index (κ3) is 3.62. The summed E-state index contributed by atoms with van der Waals surface area (Å²) >= 11 is 2.35. The van der Waals surface area contributed by atoms with Crippen molar-refractivity contribution in [3.63, 3.8) is 0 Å². The largest absolute Gasteiger partial charge is 0.256 e. The molecule has 1 aromatic carbocycles. The average Bonchev–Trinajstić information content (AvgIpc) is 2.30. The zero-order valence-corrected chi connectivity index (χ0v) is 10.4. The number of aromatic nitrogens is 1. The van der Waals surface area contributed by atoms with Crippen LogP contribution in [0.2, 0.25) is 0 Å². The topological polar surface area (TPSA) is 12.9 Å². The van der Waals surface area contributed by atoms with Gasteiger partial charge in [0.15, 0.2) is 0 Å². The van der Waals surface area contributed by atoms with E-state index in [9.17, 15) is 0 Å². The Hall–Kier alpha value is -0.640.